The number of hydrogen-bond donors (Lipinski definition) is 3. The second-order valence-corrected chi connectivity index (χ2v) is 4.68. The lowest BCUT2D eigenvalue weighted by Gasteiger charge is -2.05. The number of aromatic amines is 1. The number of nitrogens with one attached hydrogen (secondary N) is 3. The van der Waals surface area contributed by atoms with E-state index in [4.69, 9.17) is 0 Å². The molecule has 1 aromatic heterocycles. The van der Waals surface area contributed by atoms with E-state index in [1.54, 1.807) is 0 Å². The zero-order chi connectivity index (χ0) is 14.6. The molecule has 1 rings (SSSR count). The lowest BCUT2D eigenvalue weighted by molar-refractivity contribution is -0.121. The zero-order valence-electron chi connectivity index (χ0n) is 11.9. The van der Waals surface area contributed by atoms with E-state index in [0.29, 0.717) is 19.5 Å². The third-order valence-electron chi connectivity index (χ3n) is 2.83. The molecule has 0 unspecified atom stereocenters. The van der Waals surface area contributed by atoms with Crippen LogP contribution in [0.3, 0.4) is 0 Å². The Kier molecular flexibility index (Phi) is 8.02. The van der Waals surface area contributed by atoms with E-state index in [1.165, 1.54) is 13.3 Å². The smallest absolute Gasteiger partial charge is 0.219 e. The quantitative estimate of drug-likeness (QED) is 0.545. The van der Waals surface area contributed by atoms with Crippen LogP contribution in [0.25, 0.3) is 0 Å². The molecule has 0 fully saturated rings. The molecule has 2 amide bonds. The number of rotatable bonds is 10. The van der Waals surface area contributed by atoms with E-state index >= 15 is 0 Å². The molecule has 0 bridgehead atoms. The van der Waals surface area contributed by atoms with Crippen molar-refractivity contribution in [2.75, 3.05) is 13.1 Å². The fourth-order valence-corrected chi connectivity index (χ4v) is 1.78. The Hall–Kier alpha value is -1.92. The molecule has 1 heterocycles. The number of carbonyl (C=O) groups excluding carboxylic acids is 2. The van der Waals surface area contributed by atoms with Crippen LogP contribution in [0.5, 0.6) is 0 Å². The minimum Gasteiger partial charge on any atom is -0.356 e. The van der Waals surface area contributed by atoms with Crippen molar-refractivity contribution >= 4 is 11.8 Å². The van der Waals surface area contributed by atoms with Gasteiger partial charge in [-0.3, -0.25) is 14.7 Å². The summed E-state index contributed by atoms with van der Waals surface area (Å²) < 4.78 is 0. The standard InChI is InChI=1S/C13H23N5O2/c1-11(19)14-8-4-2-3-7-13(20)15-9-5-6-12-16-10-17-18-12/h10H,2-9H2,1H3,(H,14,19)(H,15,20)(H,16,17,18). The van der Waals surface area contributed by atoms with Gasteiger partial charge in [-0.1, -0.05) is 6.42 Å². The Morgan fingerprint density at radius 1 is 1.15 bits per heavy atom. The summed E-state index contributed by atoms with van der Waals surface area (Å²) in [6, 6.07) is 0. The third-order valence-corrected chi connectivity index (χ3v) is 2.83. The zero-order valence-corrected chi connectivity index (χ0v) is 11.9. The van der Waals surface area contributed by atoms with Gasteiger partial charge in [0, 0.05) is 32.9 Å². The van der Waals surface area contributed by atoms with Crippen LogP contribution < -0.4 is 10.6 Å². The van der Waals surface area contributed by atoms with Crippen LogP contribution in [-0.4, -0.2) is 40.1 Å². The van der Waals surface area contributed by atoms with Crippen molar-refractivity contribution in [3.05, 3.63) is 12.2 Å². The van der Waals surface area contributed by atoms with E-state index in [-0.39, 0.29) is 11.8 Å². The fourth-order valence-electron chi connectivity index (χ4n) is 1.78. The fraction of sp³-hybridized carbons (Fsp3) is 0.692. The summed E-state index contributed by atoms with van der Waals surface area (Å²) in [4.78, 5) is 26.2. The highest BCUT2D eigenvalue weighted by Gasteiger charge is 2.01. The van der Waals surface area contributed by atoms with Gasteiger partial charge in [0.15, 0.2) is 0 Å². The van der Waals surface area contributed by atoms with Gasteiger partial charge in [0.25, 0.3) is 0 Å². The molecular formula is C13H23N5O2. The van der Waals surface area contributed by atoms with Crippen molar-refractivity contribution in [1.82, 2.24) is 25.8 Å². The minimum atomic E-state index is -0.00509. The molecule has 0 aromatic carbocycles. The number of nitrogens with zero attached hydrogens (tertiary/aromatic N) is 2. The SMILES string of the molecule is CC(=O)NCCCCCC(=O)NCCCc1ncn[nH]1. The Balaban J connectivity index is 1.89. The highest BCUT2D eigenvalue weighted by Crippen LogP contribution is 1.99. The molecule has 112 valence electrons. The Morgan fingerprint density at radius 3 is 2.65 bits per heavy atom. The molecule has 0 aliphatic rings. The van der Waals surface area contributed by atoms with Gasteiger partial charge >= 0.3 is 0 Å². The number of aromatic nitrogens is 3. The Bertz CT molecular complexity index is 391. The third kappa shape index (κ3) is 8.23. The monoisotopic (exact) mass is 281 g/mol. The molecule has 7 heteroatoms. The first-order valence-corrected chi connectivity index (χ1v) is 7.04. The average Bonchev–Trinajstić information content (AvgIpc) is 2.91. The molecule has 0 spiro atoms. The number of aryl methyl sites for hydroxylation is 1. The maximum absolute atomic E-state index is 11.5. The summed E-state index contributed by atoms with van der Waals surface area (Å²) in [7, 11) is 0. The summed E-state index contributed by atoms with van der Waals surface area (Å²) in [6.45, 7) is 2.85. The largest absolute Gasteiger partial charge is 0.356 e. The van der Waals surface area contributed by atoms with Crippen LogP contribution in [0.2, 0.25) is 0 Å². The van der Waals surface area contributed by atoms with E-state index in [9.17, 15) is 9.59 Å². The summed E-state index contributed by atoms with van der Waals surface area (Å²) in [6.07, 6.45) is 6.38. The Labute approximate surface area is 118 Å². The summed E-state index contributed by atoms with van der Waals surface area (Å²) in [5.74, 6) is 0.925. The maximum atomic E-state index is 11.5. The lowest BCUT2D eigenvalue weighted by atomic mass is 10.2. The first-order chi connectivity index (χ1) is 9.68. The van der Waals surface area contributed by atoms with Gasteiger partial charge in [-0.15, -0.1) is 0 Å². The van der Waals surface area contributed by atoms with Crippen LogP contribution in [-0.2, 0) is 16.0 Å². The summed E-state index contributed by atoms with van der Waals surface area (Å²) in [5, 5.41) is 12.2. The van der Waals surface area contributed by atoms with Crippen LogP contribution in [0.1, 0.15) is 44.9 Å². The van der Waals surface area contributed by atoms with E-state index in [0.717, 1.165) is 37.9 Å². The van der Waals surface area contributed by atoms with Crippen molar-refractivity contribution in [3.8, 4) is 0 Å². The van der Waals surface area contributed by atoms with Crippen LogP contribution in [0, 0.1) is 0 Å². The summed E-state index contributed by atoms with van der Waals surface area (Å²) >= 11 is 0. The maximum Gasteiger partial charge on any atom is 0.219 e. The number of amides is 2. The highest BCUT2D eigenvalue weighted by molar-refractivity contribution is 5.75. The van der Waals surface area contributed by atoms with E-state index < -0.39 is 0 Å². The molecule has 1 aromatic rings. The van der Waals surface area contributed by atoms with Crippen LogP contribution in [0.15, 0.2) is 6.33 Å². The molecule has 3 N–H and O–H groups in total. The molecule has 0 aliphatic heterocycles. The molecule has 0 atom stereocenters. The van der Waals surface area contributed by atoms with Gasteiger partial charge in [0.1, 0.15) is 12.2 Å². The normalized spacial score (nSPS) is 10.2. The van der Waals surface area contributed by atoms with Crippen molar-refractivity contribution in [3.63, 3.8) is 0 Å². The van der Waals surface area contributed by atoms with Gasteiger partial charge in [0.2, 0.25) is 11.8 Å². The van der Waals surface area contributed by atoms with Gasteiger partial charge in [-0.25, -0.2) is 4.98 Å². The van der Waals surface area contributed by atoms with Crippen LogP contribution in [0.4, 0.5) is 0 Å². The number of H-pyrrole nitrogens is 1. The summed E-state index contributed by atoms with van der Waals surface area (Å²) in [5.41, 5.74) is 0. The molecule has 7 nitrogen and oxygen atoms in total. The van der Waals surface area contributed by atoms with Crippen molar-refractivity contribution in [2.45, 2.75) is 45.4 Å². The van der Waals surface area contributed by atoms with Crippen LogP contribution >= 0.6 is 0 Å². The number of carbonyl (C=O) groups is 2. The van der Waals surface area contributed by atoms with Gasteiger partial charge in [-0.2, -0.15) is 5.10 Å². The second kappa shape index (κ2) is 9.94. The first-order valence-electron chi connectivity index (χ1n) is 7.04. The topological polar surface area (TPSA) is 99.8 Å². The predicted molar refractivity (Wildman–Crippen MR) is 74.9 cm³/mol. The van der Waals surface area contributed by atoms with Crippen molar-refractivity contribution in [1.29, 1.82) is 0 Å². The second-order valence-electron chi connectivity index (χ2n) is 4.68. The molecule has 0 radical (unpaired) electrons. The van der Waals surface area contributed by atoms with Gasteiger partial charge < -0.3 is 10.6 Å². The van der Waals surface area contributed by atoms with Crippen molar-refractivity contribution < 1.29 is 9.59 Å². The van der Waals surface area contributed by atoms with Gasteiger partial charge in [0.05, 0.1) is 0 Å². The minimum absolute atomic E-state index is 0.00509. The lowest BCUT2D eigenvalue weighted by Crippen LogP contribution is -2.24. The average molecular weight is 281 g/mol. The van der Waals surface area contributed by atoms with Gasteiger partial charge in [-0.05, 0) is 19.3 Å². The molecule has 0 saturated carbocycles. The van der Waals surface area contributed by atoms with E-state index in [2.05, 4.69) is 25.8 Å². The van der Waals surface area contributed by atoms with Crippen molar-refractivity contribution in [2.24, 2.45) is 0 Å². The van der Waals surface area contributed by atoms with E-state index in [1.807, 2.05) is 0 Å². The predicted octanol–water partition coefficient (Wildman–Crippen LogP) is 0.550. The Morgan fingerprint density at radius 2 is 1.95 bits per heavy atom. The number of hydrogen-bond acceptors (Lipinski definition) is 4. The number of unbranched alkanes of at least 4 members (excludes halogenated alkanes) is 2. The molecule has 0 saturated heterocycles. The molecule has 0 aliphatic carbocycles. The molecular weight excluding hydrogens is 258 g/mol. The highest BCUT2D eigenvalue weighted by atomic mass is 16.2. The first kappa shape index (κ1) is 16.1. The molecule has 20 heavy (non-hydrogen) atoms.